The Balaban J connectivity index is 3.21. The second kappa shape index (κ2) is 5.46. The number of hydrogen-bond acceptors (Lipinski definition) is 5. The quantitative estimate of drug-likeness (QED) is 0.510. The first-order valence-electron chi connectivity index (χ1n) is 4.66. The van der Waals surface area contributed by atoms with Gasteiger partial charge in [0.05, 0.1) is 4.92 Å². The zero-order chi connectivity index (χ0) is 13.9. The van der Waals surface area contributed by atoms with Gasteiger partial charge in [0, 0.05) is 18.6 Å². The molecule has 1 N–H and O–H groups in total. The molecule has 0 aromatic heterocycles. The smallest absolute Gasteiger partial charge is 0.349 e. The summed E-state index contributed by atoms with van der Waals surface area (Å²) in [6, 6.07) is 3.38. The van der Waals surface area contributed by atoms with E-state index in [0.29, 0.717) is 0 Å². The molecule has 1 atom stereocenters. The van der Waals surface area contributed by atoms with Crippen LogP contribution in [0.15, 0.2) is 18.2 Å². The molecule has 1 unspecified atom stereocenters. The van der Waals surface area contributed by atoms with Crippen molar-refractivity contribution in [2.24, 2.45) is 0 Å². The maximum absolute atomic E-state index is 10.9. The third kappa shape index (κ3) is 3.17. The van der Waals surface area contributed by atoms with E-state index in [1.54, 1.807) is 0 Å². The summed E-state index contributed by atoms with van der Waals surface area (Å²) in [6.07, 6.45) is -1.60. The molecule has 1 rings (SSSR count). The van der Waals surface area contributed by atoms with Crippen molar-refractivity contribution >= 4 is 29.2 Å². The fraction of sp³-hybridized carbons (Fsp3) is 0.200. The Kier molecular flexibility index (Phi) is 4.22. The fourth-order valence-corrected chi connectivity index (χ4v) is 1.45. The van der Waals surface area contributed by atoms with Gasteiger partial charge in [-0.1, -0.05) is 17.7 Å². The van der Waals surface area contributed by atoms with Gasteiger partial charge >= 0.3 is 11.9 Å². The zero-order valence-electron chi connectivity index (χ0n) is 9.12. The summed E-state index contributed by atoms with van der Waals surface area (Å²) < 4.78 is 4.57. The second-order valence-corrected chi connectivity index (χ2v) is 3.70. The minimum absolute atomic E-state index is 0.0335. The molecule has 0 aliphatic rings. The summed E-state index contributed by atoms with van der Waals surface area (Å²) in [7, 11) is 0. The Bertz CT molecular complexity index is 515. The van der Waals surface area contributed by atoms with Crippen LogP contribution in [-0.2, 0) is 14.3 Å². The summed E-state index contributed by atoms with van der Waals surface area (Å²) in [5.41, 5.74) is -0.485. The van der Waals surface area contributed by atoms with Gasteiger partial charge in [0.25, 0.3) is 5.69 Å². The Labute approximate surface area is 106 Å². The highest BCUT2D eigenvalue weighted by atomic mass is 35.5. The molecular weight excluding hydrogens is 266 g/mol. The number of benzene rings is 1. The van der Waals surface area contributed by atoms with Gasteiger partial charge in [-0.3, -0.25) is 14.9 Å². The van der Waals surface area contributed by atoms with Crippen molar-refractivity contribution in [1.82, 2.24) is 0 Å². The minimum atomic E-state index is -1.60. The molecular formula is C10H8ClNO6. The maximum Gasteiger partial charge on any atom is 0.349 e. The lowest BCUT2D eigenvalue weighted by atomic mass is 10.1. The van der Waals surface area contributed by atoms with Gasteiger partial charge in [0.15, 0.2) is 0 Å². The number of hydrogen-bond donors (Lipinski definition) is 1. The van der Waals surface area contributed by atoms with E-state index >= 15 is 0 Å². The van der Waals surface area contributed by atoms with E-state index in [-0.39, 0.29) is 10.6 Å². The first-order valence-corrected chi connectivity index (χ1v) is 5.04. The summed E-state index contributed by atoms with van der Waals surface area (Å²) in [4.78, 5) is 31.6. The topological polar surface area (TPSA) is 107 Å². The molecule has 8 heteroatoms. The number of carboxylic acid groups (broad SMARTS) is 1. The number of nitrogens with zero attached hydrogens (tertiary/aromatic N) is 1. The minimum Gasteiger partial charge on any atom is -0.478 e. The number of aliphatic carboxylic acids is 1. The van der Waals surface area contributed by atoms with E-state index in [4.69, 9.17) is 16.7 Å². The van der Waals surface area contributed by atoms with E-state index in [2.05, 4.69) is 4.74 Å². The van der Waals surface area contributed by atoms with Crippen molar-refractivity contribution in [3.05, 3.63) is 38.9 Å². The highest BCUT2D eigenvalue weighted by Gasteiger charge is 2.26. The molecule has 0 aliphatic heterocycles. The van der Waals surface area contributed by atoms with Gasteiger partial charge in [-0.2, -0.15) is 0 Å². The van der Waals surface area contributed by atoms with Crippen molar-refractivity contribution in [2.45, 2.75) is 13.0 Å². The summed E-state index contributed by atoms with van der Waals surface area (Å²) in [5.74, 6) is -2.23. The normalized spacial score (nSPS) is 11.7. The van der Waals surface area contributed by atoms with E-state index in [1.165, 1.54) is 12.1 Å². The van der Waals surface area contributed by atoms with Crippen molar-refractivity contribution in [1.29, 1.82) is 0 Å². The van der Waals surface area contributed by atoms with E-state index in [1.807, 2.05) is 0 Å². The number of nitro benzene ring substituents is 1. The average Bonchev–Trinajstić information content (AvgIpc) is 2.26. The van der Waals surface area contributed by atoms with Gasteiger partial charge in [0.1, 0.15) is 5.02 Å². The van der Waals surface area contributed by atoms with E-state index in [9.17, 15) is 19.7 Å². The number of nitro groups is 1. The standard InChI is InChI=1S/C10H8ClNO6/c1-5(13)18-9(10(14)15)6-2-3-7(11)8(4-6)12(16)17/h2-4,9H,1H3,(H,14,15). The van der Waals surface area contributed by atoms with Crippen LogP contribution in [0.1, 0.15) is 18.6 Å². The number of esters is 1. The highest BCUT2D eigenvalue weighted by molar-refractivity contribution is 6.32. The Morgan fingerprint density at radius 2 is 2.11 bits per heavy atom. The number of carbonyl (C=O) groups is 2. The number of carboxylic acids is 1. The van der Waals surface area contributed by atoms with Gasteiger partial charge < -0.3 is 9.84 Å². The van der Waals surface area contributed by atoms with E-state index < -0.39 is 28.7 Å². The number of ether oxygens (including phenoxy) is 1. The molecule has 0 saturated heterocycles. The monoisotopic (exact) mass is 273 g/mol. The molecule has 7 nitrogen and oxygen atoms in total. The summed E-state index contributed by atoms with van der Waals surface area (Å²) in [6.45, 7) is 1.04. The fourth-order valence-electron chi connectivity index (χ4n) is 1.26. The lowest BCUT2D eigenvalue weighted by molar-refractivity contribution is -0.384. The molecule has 0 spiro atoms. The molecule has 0 heterocycles. The van der Waals surface area contributed by atoms with E-state index in [0.717, 1.165) is 13.0 Å². The molecule has 0 amide bonds. The summed E-state index contributed by atoms with van der Waals surface area (Å²) >= 11 is 5.58. The molecule has 0 radical (unpaired) electrons. The Morgan fingerprint density at radius 1 is 1.50 bits per heavy atom. The molecule has 0 fully saturated rings. The van der Waals surface area contributed by atoms with Gasteiger partial charge in [-0.25, -0.2) is 4.79 Å². The maximum atomic E-state index is 10.9. The number of halogens is 1. The number of rotatable bonds is 4. The van der Waals surface area contributed by atoms with Crippen molar-refractivity contribution in [2.75, 3.05) is 0 Å². The second-order valence-electron chi connectivity index (χ2n) is 3.30. The van der Waals surface area contributed by atoms with Crippen LogP contribution in [0.5, 0.6) is 0 Å². The van der Waals surface area contributed by atoms with Gasteiger partial charge in [-0.05, 0) is 6.07 Å². The van der Waals surface area contributed by atoms with Crippen LogP contribution in [0.3, 0.4) is 0 Å². The lowest BCUT2D eigenvalue weighted by Crippen LogP contribution is -2.18. The predicted octanol–water partition coefficient (Wildman–Crippen LogP) is 1.94. The van der Waals surface area contributed by atoms with Crippen LogP contribution in [0.4, 0.5) is 5.69 Å². The van der Waals surface area contributed by atoms with Crippen LogP contribution >= 0.6 is 11.6 Å². The SMILES string of the molecule is CC(=O)OC(C(=O)O)c1ccc(Cl)c([N+](=O)[O-])c1. The predicted molar refractivity (Wildman–Crippen MR) is 60.2 cm³/mol. The Morgan fingerprint density at radius 3 is 2.56 bits per heavy atom. The lowest BCUT2D eigenvalue weighted by Gasteiger charge is -2.12. The molecule has 0 bridgehead atoms. The largest absolute Gasteiger partial charge is 0.478 e. The molecule has 18 heavy (non-hydrogen) atoms. The molecule has 1 aromatic carbocycles. The first-order chi connectivity index (χ1) is 8.32. The van der Waals surface area contributed by atoms with Gasteiger partial charge in [-0.15, -0.1) is 0 Å². The van der Waals surface area contributed by atoms with Crippen molar-refractivity contribution in [3.63, 3.8) is 0 Å². The third-order valence-electron chi connectivity index (χ3n) is 1.98. The molecule has 1 aromatic rings. The van der Waals surface area contributed by atoms with Gasteiger partial charge in [0.2, 0.25) is 6.10 Å². The molecule has 96 valence electrons. The van der Waals surface area contributed by atoms with Crippen LogP contribution in [-0.4, -0.2) is 22.0 Å². The third-order valence-corrected chi connectivity index (χ3v) is 2.30. The van der Waals surface area contributed by atoms with Crippen LogP contribution < -0.4 is 0 Å². The molecule has 0 saturated carbocycles. The zero-order valence-corrected chi connectivity index (χ0v) is 9.88. The van der Waals surface area contributed by atoms with Crippen molar-refractivity contribution in [3.8, 4) is 0 Å². The average molecular weight is 274 g/mol. The summed E-state index contributed by atoms with van der Waals surface area (Å²) in [5, 5.41) is 19.4. The molecule has 0 aliphatic carbocycles. The van der Waals surface area contributed by atoms with Crippen LogP contribution in [0.2, 0.25) is 5.02 Å². The Hall–Kier alpha value is -2.15. The van der Waals surface area contributed by atoms with Crippen LogP contribution in [0, 0.1) is 10.1 Å². The van der Waals surface area contributed by atoms with Crippen LogP contribution in [0.25, 0.3) is 0 Å². The van der Waals surface area contributed by atoms with Crippen molar-refractivity contribution < 1.29 is 24.4 Å². The first kappa shape index (κ1) is 13.9. The number of carbonyl (C=O) groups excluding carboxylic acids is 1. The highest BCUT2D eigenvalue weighted by Crippen LogP contribution is 2.29.